The number of carbonyl (C=O) groups is 1. The van der Waals surface area contributed by atoms with Crippen LogP contribution in [-0.4, -0.2) is 12.5 Å². The molecule has 1 atom stereocenters. The molecule has 0 spiro atoms. The van der Waals surface area contributed by atoms with Gasteiger partial charge in [-0.3, -0.25) is 4.79 Å². The van der Waals surface area contributed by atoms with Gasteiger partial charge in [0.25, 0.3) is 0 Å². The van der Waals surface area contributed by atoms with E-state index < -0.39 is 11.9 Å². The summed E-state index contributed by atoms with van der Waals surface area (Å²) in [4.78, 5) is 11.6. The molecule has 0 aliphatic carbocycles. The second-order valence-electron chi connectivity index (χ2n) is 4.35. The molecule has 0 radical (unpaired) electrons. The van der Waals surface area contributed by atoms with E-state index in [0.29, 0.717) is 6.61 Å². The molecule has 2 rings (SSSR count). The van der Waals surface area contributed by atoms with Crippen molar-refractivity contribution in [1.29, 1.82) is 0 Å². The summed E-state index contributed by atoms with van der Waals surface area (Å²) in [5.41, 5.74) is 7.13. The topological polar surface area (TPSA) is 64.3 Å². The van der Waals surface area contributed by atoms with Gasteiger partial charge in [0.1, 0.15) is 11.8 Å². The summed E-state index contributed by atoms with van der Waals surface area (Å²) >= 11 is 0. The van der Waals surface area contributed by atoms with Crippen molar-refractivity contribution in [2.24, 2.45) is 5.73 Å². The molecule has 0 heterocycles. The van der Waals surface area contributed by atoms with Gasteiger partial charge in [-0.15, -0.1) is 0 Å². The van der Waals surface area contributed by atoms with Crippen LogP contribution in [0.15, 0.2) is 54.6 Å². The Morgan fingerprint density at radius 3 is 2.35 bits per heavy atom. The lowest BCUT2D eigenvalue weighted by atomic mass is 10.1. The van der Waals surface area contributed by atoms with Crippen molar-refractivity contribution in [1.82, 2.24) is 0 Å². The summed E-state index contributed by atoms with van der Waals surface area (Å²) in [5.74, 6) is 0.387. The Morgan fingerprint density at radius 1 is 1.15 bits per heavy atom. The Kier molecular flexibility index (Phi) is 4.60. The summed E-state index contributed by atoms with van der Waals surface area (Å²) in [5, 5.41) is 3.13. The zero-order valence-electron chi connectivity index (χ0n) is 11.4. The zero-order valence-corrected chi connectivity index (χ0v) is 11.4. The van der Waals surface area contributed by atoms with Crippen LogP contribution in [-0.2, 0) is 4.79 Å². The molecule has 0 bridgehead atoms. The van der Waals surface area contributed by atoms with Crippen molar-refractivity contribution in [2.45, 2.75) is 13.0 Å². The molecule has 3 N–H and O–H groups in total. The van der Waals surface area contributed by atoms with Gasteiger partial charge in [-0.25, -0.2) is 0 Å². The second-order valence-corrected chi connectivity index (χ2v) is 4.35. The molecule has 0 saturated carbocycles. The van der Waals surface area contributed by atoms with E-state index in [9.17, 15) is 4.79 Å². The van der Waals surface area contributed by atoms with Gasteiger partial charge in [0.05, 0.1) is 6.61 Å². The minimum atomic E-state index is -0.547. The molecule has 1 amide bonds. The monoisotopic (exact) mass is 270 g/mol. The zero-order chi connectivity index (χ0) is 14.4. The quantitative estimate of drug-likeness (QED) is 0.848. The number of hydrogen-bond donors (Lipinski definition) is 2. The van der Waals surface area contributed by atoms with Gasteiger partial charge < -0.3 is 15.8 Å². The van der Waals surface area contributed by atoms with Gasteiger partial charge in [0.2, 0.25) is 5.91 Å². The number of anilines is 1. The number of benzene rings is 2. The smallest absolute Gasteiger partial charge is 0.244 e. The van der Waals surface area contributed by atoms with Gasteiger partial charge in [-0.05, 0) is 36.8 Å². The largest absolute Gasteiger partial charge is 0.494 e. The molecule has 20 heavy (non-hydrogen) atoms. The summed E-state index contributed by atoms with van der Waals surface area (Å²) in [6.45, 7) is 2.56. The third-order valence-corrected chi connectivity index (χ3v) is 2.89. The molecule has 2 aromatic carbocycles. The standard InChI is InChI=1S/C16H18N2O2/c1-2-20-14-10-8-13(9-11-14)18-15(16(17)19)12-6-4-3-5-7-12/h3-11,15,18H,2H2,1H3,(H2,17,19)/t15-/m1/s1. The van der Waals surface area contributed by atoms with Crippen LogP contribution in [0.1, 0.15) is 18.5 Å². The van der Waals surface area contributed by atoms with Crippen molar-refractivity contribution >= 4 is 11.6 Å². The van der Waals surface area contributed by atoms with E-state index in [1.807, 2.05) is 61.5 Å². The lowest BCUT2D eigenvalue weighted by molar-refractivity contribution is -0.118. The van der Waals surface area contributed by atoms with E-state index in [1.165, 1.54) is 0 Å². The Morgan fingerprint density at radius 2 is 1.80 bits per heavy atom. The third kappa shape index (κ3) is 3.51. The fraction of sp³-hybridized carbons (Fsp3) is 0.188. The molecule has 2 aromatic rings. The number of nitrogens with one attached hydrogen (secondary N) is 1. The Balaban J connectivity index is 2.14. The average Bonchev–Trinajstić information content (AvgIpc) is 2.47. The highest BCUT2D eigenvalue weighted by molar-refractivity contribution is 5.84. The molecule has 0 saturated heterocycles. The summed E-state index contributed by atoms with van der Waals surface area (Å²) in [6.07, 6.45) is 0. The maximum Gasteiger partial charge on any atom is 0.244 e. The molecule has 0 unspecified atom stereocenters. The first-order valence-corrected chi connectivity index (χ1v) is 6.54. The Labute approximate surface area is 118 Å². The van der Waals surface area contributed by atoms with Crippen LogP contribution in [0.25, 0.3) is 0 Å². The van der Waals surface area contributed by atoms with Crippen molar-refractivity contribution in [2.75, 3.05) is 11.9 Å². The number of primary amides is 1. The summed E-state index contributed by atoms with van der Waals surface area (Å²) in [7, 11) is 0. The van der Waals surface area contributed by atoms with E-state index >= 15 is 0 Å². The van der Waals surface area contributed by atoms with Crippen molar-refractivity contribution in [3.8, 4) is 5.75 Å². The van der Waals surface area contributed by atoms with Crippen molar-refractivity contribution in [3.05, 3.63) is 60.2 Å². The summed E-state index contributed by atoms with van der Waals surface area (Å²) in [6, 6.07) is 16.3. The number of hydrogen-bond acceptors (Lipinski definition) is 3. The molecule has 4 heteroatoms. The first-order chi connectivity index (χ1) is 9.70. The fourth-order valence-corrected chi connectivity index (χ4v) is 1.94. The molecule has 0 aliphatic heterocycles. The number of carbonyl (C=O) groups excluding carboxylic acids is 1. The van der Waals surface area contributed by atoms with Gasteiger partial charge in [-0.1, -0.05) is 30.3 Å². The van der Waals surface area contributed by atoms with Crippen LogP contribution in [0, 0.1) is 0 Å². The molecule has 0 fully saturated rings. The summed E-state index contributed by atoms with van der Waals surface area (Å²) < 4.78 is 5.38. The predicted molar refractivity (Wildman–Crippen MR) is 79.6 cm³/mol. The fourth-order valence-electron chi connectivity index (χ4n) is 1.94. The molecule has 104 valence electrons. The number of amides is 1. The Bertz CT molecular complexity index is 552. The minimum absolute atomic E-state index is 0.412. The highest BCUT2D eigenvalue weighted by Crippen LogP contribution is 2.21. The first-order valence-electron chi connectivity index (χ1n) is 6.54. The highest BCUT2D eigenvalue weighted by atomic mass is 16.5. The maximum atomic E-state index is 11.6. The highest BCUT2D eigenvalue weighted by Gasteiger charge is 2.16. The molecular formula is C16H18N2O2. The second kappa shape index (κ2) is 6.61. The van der Waals surface area contributed by atoms with Crippen LogP contribution < -0.4 is 15.8 Å². The number of ether oxygens (including phenoxy) is 1. The van der Waals surface area contributed by atoms with Crippen molar-refractivity contribution in [3.63, 3.8) is 0 Å². The van der Waals surface area contributed by atoms with Gasteiger partial charge in [0.15, 0.2) is 0 Å². The molecule has 4 nitrogen and oxygen atoms in total. The van der Waals surface area contributed by atoms with Gasteiger partial charge in [0, 0.05) is 5.69 Å². The van der Waals surface area contributed by atoms with E-state index in [-0.39, 0.29) is 0 Å². The predicted octanol–water partition coefficient (Wildman–Crippen LogP) is 2.72. The lowest BCUT2D eigenvalue weighted by Gasteiger charge is -2.17. The third-order valence-electron chi connectivity index (χ3n) is 2.89. The van der Waals surface area contributed by atoms with Crippen LogP contribution >= 0.6 is 0 Å². The number of nitrogens with two attached hydrogens (primary N) is 1. The van der Waals surface area contributed by atoms with Crippen LogP contribution in [0.3, 0.4) is 0 Å². The SMILES string of the molecule is CCOc1ccc(N[C@@H](C(N)=O)c2ccccc2)cc1. The van der Waals surface area contributed by atoms with E-state index in [4.69, 9.17) is 10.5 Å². The van der Waals surface area contributed by atoms with Gasteiger partial charge >= 0.3 is 0 Å². The lowest BCUT2D eigenvalue weighted by Crippen LogP contribution is -2.27. The van der Waals surface area contributed by atoms with E-state index in [2.05, 4.69) is 5.32 Å². The van der Waals surface area contributed by atoms with E-state index in [1.54, 1.807) is 0 Å². The maximum absolute atomic E-state index is 11.6. The van der Waals surface area contributed by atoms with Crippen LogP contribution in [0.5, 0.6) is 5.75 Å². The molecular weight excluding hydrogens is 252 g/mol. The Hall–Kier alpha value is -2.49. The normalized spacial score (nSPS) is 11.7. The van der Waals surface area contributed by atoms with Crippen LogP contribution in [0.4, 0.5) is 5.69 Å². The molecule has 0 aromatic heterocycles. The van der Waals surface area contributed by atoms with E-state index in [0.717, 1.165) is 17.0 Å². The average molecular weight is 270 g/mol. The van der Waals surface area contributed by atoms with Crippen LogP contribution in [0.2, 0.25) is 0 Å². The first kappa shape index (κ1) is 13.9. The van der Waals surface area contributed by atoms with Crippen molar-refractivity contribution < 1.29 is 9.53 Å². The number of rotatable bonds is 6. The molecule has 0 aliphatic rings. The van der Waals surface area contributed by atoms with Gasteiger partial charge in [-0.2, -0.15) is 0 Å². The minimum Gasteiger partial charge on any atom is -0.494 e.